The highest BCUT2D eigenvalue weighted by Gasteiger charge is 2.02. The van der Waals surface area contributed by atoms with Gasteiger partial charge in [0.2, 0.25) is 0 Å². The molecule has 1 N–H and O–H groups in total. The minimum atomic E-state index is 0.667. The van der Waals surface area contributed by atoms with Crippen molar-refractivity contribution in [2.45, 2.75) is 19.5 Å². The van der Waals surface area contributed by atoms with E-state index < -0.39 is 0 Å². The molecule has 0 aliphatic heterocycles. The van der Waals surface area contributed by atoms with Crippen molar-refractivity contribution in [2.75, 3.05) is 34.0 Å². The molecule has 0 amide bonds. The van der Waals surface area contributed by atoms with Crippen LogP contribution in [0.2, 0.25) is 0 Å². The number of fused-ring (bicyclic) bond motifs is 1. The minimum Gasteiger partial charge on any atom is -0.382 e. The molecule has 0 spiro atoms. The van der Waals surface area contributed by atoms with Gasteiger partial charge in [-0.1, -0.05) is 6.07 Å². The predicted octanol–water partition coefficient (Wildman–Crippen LogP) is 2.41. The number of nitrogens with one attached hydrogen (secondary N) is 1. The number of rotatable bonds is 9. The van der Waals surface area contributed by atoms with Crippen molar-refractivity contribution >= 4 is 10.9 Å². The molecule has 0 atom stereocenters. The van der Waals surface area contributed by atoms with Gasteiger partial charge in [0.15, 0.2) is 0 Å². The average molecular weight is 276 g/mol. The molecule has 0 bridgehead atoms. The Kier molecular flexibility index (Phi) is 6.05. The van der Waals surface area contributed by atoms with Crippen LogP contribution in [0.1, 0.15) is 12.0 Å². The SMILES string of the molecule is CNCc1ccc2c(ccn2CCCOCCOC)c1. The van der Waals surface area contributed by atoms with Crippen LogP contribution in [-0.4, -0.2) is 38.5 Å². The number of benzene rings is 1. The lowest BCUT2D eigenvalue weighted by atomic mass is 10.1. The first-order valence-electron chi connectivity index (χ1n) is 7.14. The zero-order valence-corrected chi connectivity index (χ0v) is 12.4. The Morgan fingerprint density at radius 1 is 1.15 bits per heavy atom. The third kappa shape index (κ3) is 4.07. The maximum atomic E-state index is 5.49. The van der Waals surface area contributed by atoms with Crippen LogP contribution in [-0.2, 0) is 22.6 Å². The maximum absolute atomic E-state index is 5.49. The van der Waals surface area contributed by atoms with Crippen LogP contribution < -0.4 is 5.32 Å². The molecule has 1 aromatic heterocycles. The van der Waals surface area contributed by atoms with E-state index in [9.17, 15) is 0 Å². The van der Waals surface area contributed by atoms with Crippen molar-refractivity contribution in [3.63, 3.8) is 0 Å². The van der Waals surface area contributed by atoms with Gasteiger partial charge in [-0.05, 0) is 42.6 Å². The van der Waals surface area contributed by atoms with E-state index >= 15 is 0 Å². The summed E-state index contributed by atoms with van der Waals surface area (Å²) >= 11 is 0. The standard InChI is InChI=1S/C16H24N2O2/c1-17-13-14-4-5-16-15(12-14)6-8-18(16)7-3-9-20-11-10-19-2/h4-6,8,12,17H,3,7,9-11,13H2,1-2H3. The first-order chi connectivity index (χ1) is 9.85. The van der Waals surface area contributed by atoms with Crippen LogP contribution >= 0.6 is 0 Å². The predicted molar refractivity (Wildman–Crippen MR) is 82.0 cm³/mol. The van der Waals surface area contributed by atoms with Gasteiger partial charge >= 0.3 is 0 Å². The van der Waals surface area contributed by atoms with Crippen molar-refractivity contribution < 1.29 is 9.47 Å². The highest BCUT2D eigenvalue weighted by molar-refractivity contribution is 5.80. The summed E-state index contributed by atoms with van der Waals surface area (Å²) in [6, 6.07) is 8.82. The highest BCUT2D eigenvalue weighted by atomic mass is 16.5. The zero-order valence-electron chi connectivity index (χ0n) is 12.4. The largest absolute Gasteiger partial charge is 0.382 e. The van der Waals surface area contributed by atoms with Crippen LogP contribution in [0.4, 0.5) is 0 Å². The lowest BCUT2D eigenvalue weighted by Crippen LogP contribution is -2.06. The Morgan fingerprint density at radius 3 is 2.85 bits per heavy atom. The van der Waals surface area contributed by atoms with Gasteiger partial charge in [-0.2, -0.15) is 0 Å². The minimum absolute atomic E-state index is 0.667. The fraction of sp³-hybridized carbons (Fsp3) is 0.500. The van der Waals surface area contributed by atoms with Gasteiger partial charge < -0.3 is 19.4 Å². The van der Waals surface area contributed by atoms with Crippen LogP contribution in [0.5, 0.6) is 0 Å². The van der Waals surface area contributed by atoms with Crippen molar-refractivity contribution in [1.82, 2.24) is 9.88 Å². The van der Waals surface area contributed by atoms with Gasteiger partial charge in [0.05, 0.1) is 13.2 Å². The molecular weight excluding hydrogens is 252 g/mol. The van der Waals surface area contributed by atoms with E-state index in [1.807, 2.05) is 7.05 Å². The van der Waals surface area contributed by atoms with E-state index in [2.05, 4.69) is 40.3 Å². The van der Waals surface area contributed by atoms with Gasteiger partial charge in [-0.25, -0.2) is 0 Å². The molecule has 0 aliphatic carbocycles. The molecule has 20 heavy (non-hydrogen) atoms. The maximum Gasteiger partial charge on any atom is 0.0700 e. The molecule has 0 fully saturated rings. The molecule has 0 radical (unpaired) electrons. The zero-order chi connectivity index (χ0) is 14.2. The summed E-state index contributed by atoms with van der Waals surface area (Å²) in [6.45, 7) is 4.02. The first kappa shape index (κ1) is 15.0. The van der Waals surface area contributed by atoms with Gasteiger partial charge in [-0.3, -0.25) is 0 Å². The molecule has 1 heterocycles. The smallest absolute Gasteiger partial charge is 0.0700 e. The Hall–Kier alpha value is -1.36. The molecule has 2 rings (SSSR count). The van der Waals surface area contributed by atoms with E-state index in [4.69, 9.17) is 9.47 Å². The summed E-state index contributed by atoms with van der Waals surface area (Å²) in [5, 5.41) is 4.48. The number of aromatic nitrogens is 1. The summed E-state index contributed by atoms with van der Waals surface area (Å²) in [5.74, 6) is 0. The van der Waals surface area contributed by atoms with Crippen molar-refractivity contribution in [3.8, 4) is 0 Å². The second-order valence-electron chi connectivity index (χ2n) is 4.89. The van der Waals surface area contributed by atoms with Gasteiger partial charge in [0.1, 0.15) is 0 Å². The third-order valence-corrected chi connectivity index (χ3v) is 3.34. The third-order valence-electron chi connectivity index (χ3n) is 3.34. The van der Waals surface area contributed by atoms with E-state index in [0.717, 1.165) is 26.1 Å². The molecule has 110 valence electrons. The summed E-state index contributed by atoms with van der Waals surface area (Å²) < 4.78 is 12.7. The lowest BCUT2D eigenvalue weighted by molar-refractivity contribution is 0.0681. The van der Waals surface area contributed by atoms with E-state index in [0.29, 0.717) is 13.2 Å². The molecule has 4 nitrogen and oxygen atoms in total. The number of hydrogen-bond donors (Lipinski definition) is 1. The Morgan fingerprint density at radius 2 is 2.05 bits per heavy atom. The summed E-state index contributed by atoms with van der Waals surface area (Å²) in [5.41, 5.74) is 2.61. The number of nitrogens with zero attached hydrogens (tertiary/aromatic N) is 1. The summed E-state index contributed by atoms with van der Waals surface area (Å²) in [4.78, 5) is 0. The van der Waals surface area contributed by atoms with E-state index in [1.54, 1.807) is 7.11 Å². The van der Waals surface area contributed by atoms with Crippen LogP contribution in [0.3, 0.4) is 0 Å². The average Bonchev–Trinajstić information content (AvgIpc) is 2.86. The number of ether oxygens (including phenoxy) is 2. The van der Waals surface area contributed by atoms with Gasteiger partial charge in [0, 0.05) is 38.5 Å². The van der Waals surface area contributed by atoms with Crippen LogP contribution in [0.25, 0.3) is 10.9 Å². The number of methoxy groups -OCH3 is 1. The van der Waals surface area contributed by atoms with Crippen molar-refractivity contribution in [2.24, 2.45) is 0 Å². The number of aryl methyl sites for hydroxylation is 1. The monoisotopic (exact) mass is 276 g/mol. The Labute approximate surface area is 120 Å². The normalized spacial score (nSPS) is 11.3. The van der Waals surface area contributed by atoms with Crippen LogP contribution in [0, 0.1) is 0 Å². The second-order valence-corrected chi connectivity index (χ2v) is 4.89. The van der Waals surface area contributed by atoms with Crippen LogP contribution in [0.15, 0.2) is 30.5 Å². The molecule has 4 heteroatoms. The number of hydrogen-bond acceptors (Lipinski definition) is 3. The van der Waals surface area contributed by atoms with E-state index in [1.165, 1.54) is 16.5 Å². The quantitative estimate of drug-likeness (QED) is 0.714. The fourth-order valence-corrected chi connectivity index (χ4v) is 2.34. The molecule has 0 saturated carbocycles. The highest BCUT2D eigenvalue weighted by Crippen LogP contribution is 2.18. The van der Waals surface area contributed by atoms with Gasteiger partial charge in [0.25, 0.3) is 0 Å². The molecule has 0 aliphatic rings. The molecule has 1 aromatic carbocycles. The summed E-state index contributed by atoms with van der Waals surface area (Å²) in [7, 11) is 3.66. The second kappa shape index (κ2) is 8.04. The molecular formula is C16H24N2O2. The van der Waals surface area contributed by atoms with Crippen molar-refractivity contribution in [3.05, 3.63) is 36.0 Å². The molecule has 2 aromatic rings. The Bertz CT molecular complexity index is 522. The topological polar surface area (TPSA) is 35.4 Å². The van der Waals surface area contributed by atoms with Crippen molar-refractivity contribution in [1.29, 1.82) is 0 Å². The van der Waals surface area contributed by atoms with E-state index in [-0.39, 0.29) is 0 Å². The van der Waals surface area contributed by atoms with Gasteiger partial charge in [-0.15, -0.1) is 0 Å². The molecule has 0 saturated heterocycles. The fourth-order valence-electron chi connectivity index (χ4n) is 2.34. The first-order valence-corrected chi connectivity index (χ1v) is 7.14. The molecule has 0 unspecified atom stereocenters. The lowest BCUT2D eigenvalue weighted by Gasteiger charge is -2.07. The Balaban J connectivity index is 1.87. The summed E-state index contributed by atoms with van der Waals surface area (Å²) in [6.07, 6.45) is 3.18.